The third-order valence-corrected chi connectivity index (χ3v) is 4.78. The lowest BCUT2D eigenvalue weighted by Gasteiger charge is -2.41. The molecular weight excluding hydrogens is 343 g/mol. The molecule has 5 heteroatoms. The summed E-state index contributed by atoms with van der Waals surface area (Å²) in [5.74, 6) is 1.13. The fraction of sp³-hybridized carbons (Fsp3) is 0.682. The molecule has 1 aliphatic rings. The van der Waals surface area contributed by atoms with E-state index in [0.29, 0.717) is 43.5 Å². The largest absolute Gasteiger partial charge is 0.493 e. The van der Waals surface area contributed by atoms with Crippen LogP contribution in [0.25, 0.3) is 0 Å². The third kappa shape index (κ3) is 6.80. The fourth-order valence-corrected chi connectivity index (χ4v) is 3.36. The second kappa shape index (κ2) is 9.05. The first kappa shape index (κ1) is 21.7. The maximum Gasteiger partial charge on any atom is 0.228 e. The number of carbonyl (C=O) groups excluding carboxylic acids is 1. The molecule has 0 bridgehead atoms. The minimum atomic E-state index is -0.239. The summed E-state index contributed by atoms with van der Waals surface area (Å²) in [6.45, 7) is 13.9. The van der Waals surface area contributed by atoms with Gasteiger partial charge >= 0.3 is 0 Å². The maximum absolute atomic E-state index is 14.3. The average molecular weight is 379 g/mol. The lowest BCUT2D eigenvalue weighted by molar-refractivity contribution is -0.141. The van der Waals surface area contributed by atoms with Gasteiger partial charge in [0.1, 0.15) is 11.6 Å². The zero-order chi connectivity index (χ0) is 20.2. The van der Waals surface area contributed by atoms with Crippen LogP contribution >= 0.6 is 0 Å². The Hall–Kier alpha value is -1.62. The van der Waals surface area contributed by atoms with E-state index < -0.39 is 0 Å². The Balaban J connectivity index is 1.80. The number of hydrogen-bond donors (Lipinski definition) is 0. The second-order valence-electron chi connectivity index (χ2n) is 9.43. The Labute approximate surface area is 163 Å². The van der Waals surface area contributed by atoms with Gasteiger partial charge in [-0.3, -0.25) is 9.69 Å². The van der Waals surface area contributed by atoms with Crippen LogP contribution in [-0.2, 0) is 11.3 Å². The molecule has 1 heterocycles. The number of ether oxygens (including phenoxy) is 1. The summed E-state index contributed by atoms with van der Waals surface area (Å²) in [4.78, 5) is 16.4. The fourth-order valence-electron chi connectivity index (χ4n) is 3.36. The SMILES string of the molecule is CC(C)CCOc1ccc(CN2CC(C(=O)N(C)CC(C)(C)C)C2)c(F)c1. The van der Waals surface area contributed by atoms with Gasteiger partial charge < -0.3 is 9.64 Å². The number of benzene rings is 1. The Kier molecular flexibility index (Phi) is 7.26. The van der Waals surface area contributed by atoms with E-state index >= 15 is 0 Å². The van der Waals surface area contributed by atoms with E-state index in [2.05, 4.69) is 39.5 Å². The van der Waals surface area contributed by atoms with Gasteiger partial charge in [0, 0.05) is 44.9 Å². The van der Waals surface area contributed by atoms with Crippen molar-refractivity contribution in [3.05, 3.63) is 29.6 Å². The molecular formula is C22H35FN2O2. The quantitative estimate of drug-likeness (QED) is 0.680. The van der Waals surface area contributed by atoms with Crippen LogP contribution in [0.5, 0.6) is 5.75 Å². The molecule has 0 spiro atoms. The molecule has 0 saturated carbocycles. The Morgan fingerprint density at radius 1 is 1.33 bits per heavy atom. The number of carbonyl (C=O) groups is 1. The number of hydrogen-bond acceptors (Lipinski definition) is 3. The van der Waals surface area contributed by atoms with Gasteiger partial charge in [0.25, 0.3) is 0 Å². The van der Waals surface area contributed by atoms with Crippen LogP contribution in [0, 0.1) is 23.1 Å². The lowest BCUT2D eigenvalue weighted by Crippen LogP contribution is -2.54. The first-order chi connectivity index (χ1) is 12.5. The van der Waals surface area contributed by atoms with Crippen molar-refractivity contribution in [2.75, 3.05) is 33.3 Å². The van der Waals surface area contributed by atoms with Crippen LogP contribution in [0.1, 0.15) is 46.6 Å². The molecule has 1 saturated heterocycles. The molecule has 1 aromatic carbocycles. The average Bonchev–Trinajstić information content (AvgIpc) is 2.49. The minimum Gasteiger partial charge on any atom is -0.493 e. The molecule has 0 aromatic heterocycles. The van der Waals surface area contributed by atoms with Crippen molar-refractivity contribution in [1.29, 1.82) is 0 Å². The van der Waals surface area contributed by atoms with Crippen LogP contribution in [0.2, 0.25) is 0 Å². The van der Waals surface area contributed by atoms with Crippen molar-refractivity contribution in [2.24, 2.45) is 17.3 Å². The highest BCUT2D eigenvalue weighted by atomic mass is 19.1. The number of halogens is 1. The van der Waals surface area contributed by atoms with E-state index in [9.17, 15) is 9.18 Å². The van der Waals surface area contributed by atoms with E-state index in [1.165, 1.54) is 6.07 Å². The van der Waals surface area contributed by atoms with Crippen molar-refractivity contribution in [3.63, 3.8) is 0 Å². The molecule has 1 amide bonds. The Bertz CT molecular complexity index is 634. The molecule has 27 heavy (non-hydrogen) atoms. The number of amides is 1. The van der Waals surface area contributed by atoms with Crippen LogP contribution in [0.15, 0.2) is 18.2 Å². The molecule has 152 valence electrons. The summed E-state index contributed by atoms with van der Waals surface area (Å²) < 4.78 is 20.0. The molecule has 0 N–H and O–H groups in total. The smallest absolute Gasteiger partial charge is 0.228 e. The molecule has 0 radical (unpaired) electrons. The molecule has 2 rings (SSSR count). The number of nitrogens with zero attached hydrogens (tertiary/aromatic N) is 2. The van der Waals surface area contributed by atoms with Gasteiger partial charge in [-0.25, -0.2) is 4.39 Å². The maximum atomic E-state index is 14.3. The number of rotatable bonds is 8. The standard InChI is InChI=1S/C22H35FN2O2/c1-16(2)9-10-27-19-8-7-17(20(23)11-19)12-25-13-18(14-25)21(26)24(6)15-22(3,4)5/h7-8,11,16,18H,9-10,12-15H2,1-6H3. The predicted molar refractivity (Wildman–Crippen MR) is 107 cm³/mol. The van der Waals surface area contributed by atoms with E-state index in [0.717, 1.165) is 13.0 Å². The Morgan fingerprint density at radius 2 is 2.00 bits per heavy atom. The molecule has 0 unspecified atom stereocenters. The van der Waals surface area contributed by atoms with E-state index in [4.69, 9.17) is 4.74 Å². The van der Waals surface area contributed by atoms with Crippen molar-refractivity contribution in [2.45, 2.75) is 47.6 Å². The summed E-state index contributed by atoms with van der Waals surface area (Å²) in [7, 11) is 1.87. The van der Waals surface area contributed by atoms with Gasteiger partial charge in [0.05, 0.1) is 12.5 Å². The van der Waals surface area contributed by atoms with Crippen LogP contribution in [-0.4, -0.2) is 49.0 Å². The van der Waals surface area contributed by atoms with Crippen LogP contribution < -0.4 is 4.74 Å². The molecule has 1 aromatic rings. The van der Waals surface area contributed by atoms with Gasteiger partial charge in [0.2, 0.25) is 5.91 Å². The van der Waals surface area contributed by atoms with E-state index in [1.54, 1.807) is 6.07 Å². The van der Waals surface area contributed by atoms with Crippen LogP contribution in [0.4, 0.5) is 4.39 Å². The summed E-state index contributed by atoms with van der Waals surface area (Å²) in [5.41, 5.74) is 0.746. The van der Waals surface area contributed by atoms with Gasteiger partial charge in [0.15, 0.2) is 0 Å². The monoisotopic (exact) mass is 378 g/mol. The zero-order valence-electron chi connectivity index (χ0n) is 17.7. The van der Waals surface area contributed by atoms with Crippen molar-refractivity contribution in [3.8, 4) is 5.75 Å². The molecule has 0 aliphatic carbocycles. The lowest BCUT2D eigenvalue weighted by atomic mass is 9.93. The van der Waals surface area contributed by atoms with Crippen molar-refractivity contribution >= 4 is 5.91 Å². The summed E-state index contributed by atoms with van der Waals surface area (Å²) in [6, 6.07) is 5.09. The van der Waals surface area contributed by atoms with Crippen LogP contribution in [0.3, 0.4) is 0 Å². The van der Waals surface area contributed by atoms with Gasteiger partial charge in [-0.05, 0) is 23.8 Å². The highest BCUT2D eigenvalue weighted by Crippen LogP contribution is 2.25. The molecule has 1 fully saturated rings. The van der Waals surface area contributed by atoms with Gasteiger partial charge in [-0.15, -0.1) is 0 Å². The first-order valence-corrected chi connectivity index (χ1v) is 9.93. The normalized spacial score (nSPS) is 15.7. The molecule has 4 nitrogen and oxygen atoms in total. The predicted octanol–water partition coefficient (Wildman–Crippen LogP) is 4.19. The third-order valence-electron chi connectivity index (χ3n) is 4.78. The molecule has 0 atom stereocenters. The van der Waals surface area contributed by atoms with Gasteiger partial charge in [-0.1, -0.05) is 40.7 Å². The van der Waals surface area contributed by atoms with Crippen molar-refractivity contribution < 1.29 is 13.9 Å². The Morgan fingerprint density at radius 3 is 2.56 bits per heavy atom. The van der Waals surface area contributed by atoms with E-state index in [-0.39, 0.29) is 23.1 Å². The highest BCUT2D eigenvalue weighted by Gasteiger charge is 2.35. The highest BCUT2D eigenvalue weighted by molar-refractivity contribution is 5.80. The van der Waals surface area contributed by atoms with Gasteiger partial charge in [-0.2, -0.15) is 0 Å². The minimum absolute atomic E-state index is 0.0269. The zero-order valence-corrected chi connectivity index (χ0v) is 17.7. The number of likely N-dealkylation sites (tertiary alicyclic amines) is 1. The second-order valence-corrected chi connectivity index (χ2v) is 9.43. The van der Waals surface area contributed by atoms with E-state index in [1.807, 2.05) is 18.0 Å². The topological polar surface area (TPSA) is 32.8 Å². The summed E-state index contributed by atoms with van der Waals surface area (Å²) in [6.07, 6.45) is 0.955. The van der Waals surface area contributed by atoms with Crippen molar-refractivity contribution in [1.82, 2.24) is 9.80 Å². The summed E-state index contributed by atoms with van der Waals surface area (Å²) >= 11 is 0. The first-order valence-electron chi connectivity index (χ1n) is 9.93. The molecule has 1 aliphatic heterocycles. The summed E-state index contributed by atoms with van der Waals surface area (Å²) in [5, 5.41) is 0.